The van der Waals surface area contributed by atoms with Crippen molar-refractivity contribution < 1.29 is 14.3 Å². The first kappa shape index (κ1) is 18.2. The number of hydrogen-bond acceptors (Lipinski definition) is 4. The van der Waals surface area contributed by atoms with Crippen molar-refractivity contribution in [1.82, 2.24) is 9.80 Å². The third-order valence-corrected chi connectivity index (χ3v) is 4.98. The molecule has 2 rings (SSSR count). The molecular weight excluding hydrogens is 292 g/mol. The summed E-state index contributed by atoms with van der Waals surface area (Å²) in [5.41, 5.74) is -0.438. The summed E-state index contributed by atoms with van der Waals surface area (Å²) in [6, 6.07) is 1.06. The largest absolute Gasteiger partial charge is 0.444 e. The van der Waals surface area contributed by atoms with Crippen molar-refractivity contribution in [3.05, 3.63) is 0 Å². The summed E-state index contributed by atoms with van der Waals surface area (Å²) in [6.45, 7) is 10.6. The predicted octanol–water partition coefficient (Wildman–Crippen LogP) is 3.08. The van der Waals surface area contributed by atoms with Gasteiger partial charge in [-0.1, -0.05) is 6.92 Å². The summed E-state index contributed by atoms with van der Waals surface area (Å²) in [4.78, 5) is 27.4. The Morgan fingerprint density at radius 1 is 1.26 bits per heavy atom. The molecule has 2 aliphatic rings. The second-order valence-corrected chi connectivity index (χ2v) is 8.04. The lowest BCUT2D eigenvalue weighted by Crippen LogP contribution is -2.53. The number of hydrogen-bond donors (Lipinski definition) is 0. The third kappa shape index (κ3) is 4.93. The van der Waals surface area contributed by atoms with Crippen molar-refractivity contribution in [1.29, 1.82) is 0 Å². The van der Waals surface area contributed by atoms with Gasteiger partial charge in [0.2, 0.25) is 0 Å². The Morgan fingerprint density at radius 3 is 2.61 bits per heavy atom. The van der Waals surface area contributed by atoms with Gasteiger partial charge < -0.3 is 14.4 Å². The van der Waals surface area contributed by atoms with E-state index < -0.39 is 5.60 Å². The minimum atomic E-state index is -0.438. The Kier molecular flexibility index (Phi) is 6.06. The van der Waals surface area contributed by atoms with Crippen molar-refractivity contribution in [2.75, 3.05) is 19.6 Å². The molecule has 0 aliphatic carbocycles. The summed E-state index contributed by atoms with van der Waals surface area (Å²) in [5.74, 6) is 0.438. The molecule has 5 nitrogen and oxygen atoms in total. The molecule has 0 bridgehead atoms. The highest BCUT2D eigenvalue weighted by atomic mass is 16.6. The molecule has 0 saturated carbocycles. The van der Waals surface area contributed by atoms with Crippen LogP contribution in [0.25, 0.3) is 0 Å². The van der Waals surface area contributed by atoms with Crippen LogP contribution in [0.4, 0.5) is 4.79 Å². The van der Waals surface area contributed by atoms with Crippen LogP contribution in [0, 0.1) is 5.92 Å². The van der Waals surface area contributed by atoms with E-state index in [1.54, 1.807) is 0 Å². The summed E-state index contributed by atoms with van der Waals surface area (Å²) in [5, 5.41) is 0. The van der Waals surface area contributed by atoms with Gasteiger partial charge in [0.1, 0.15) is 11.9 Å². The van der Waals surface area contributed by atoms with E-state index in [0.29, 0.717) is 24.4 Å². The fourth-order valence-corrected chi connectivity index (χ4v) is 3.98. The maximum Gasteiger partial charge on any atom is 0.410 e. The monoisotopic (exact) mass is 324 g/mol. The molecule has 0 aromatic carbocycles. The first-order valence-electron chi connectivity index (χ1n) is 8.99. The van der Waals surface area contributed by atoms with Gasteiger partial charge in [0.15, 0.2) is 0 Å². The minimum Gasteiger partial charge on any atom is -0.444 e. The van der Waals surface area contributed by atoms with Gasteiger partial charge in [0.05, 0.1) is 0 Å². The highest BCUT2D eigenvalue weighted by Crippen LogP contribution is 2.31. The van der Waals surface area contributed by atoms with Crippen molar-refractivity contribution >= 4 is 12.4 Å². The van der Waals surface area contributed by atoms with Crippen LogP contribution < -0.4 is 0 Å². The number of rotatable bonds is 4. The number of carbonyl (C=O) groups excluding carboxylic acids is 2. The average molecular weight is 324 g/mol. The van der Waals surface area contributed by atoms with Gasteiger partial charge in [-0.25, -0.2) is 4.79 Å². The van der Waals surface area contributed by atoms with E-state index in [9.17, 15) is 9.59 Å². The number of piperidine rings is 1. The number of nitrogens with zero attached hydrogens (tertiary/aromatic N) is 2. The molecule has 0 radical (unpaired) electrons. The Labute approximate surface area is 140 Å². The third-order valence-electron chi connectivity index (χ3n) is 4.98. The molecule has 23 heavy (non-hydrogen) atoms. The van der Waals surface area contributed by atoms with Crippen molar-refractivity contribution in [3.63, 3.8) is 0 Å². The highest BCUT2D eigenvalue weighted by Gasteiger charge is 2.38. The quantitative estimate of drug-likeness (QED) is 0.746. The van der Waals surface area contributed by atoms with Crippen LogP contribution in [-0.2, 0) is 9.53 Å². The van der Waals surface area contributed by atoms with Crippen LogP contribution >= 0.6 is 0 Å². The molecule has 5 heteroatoms. The second-order valence-electron chi connectivity index (χ2n) is 8.04. The molecule has 2 aliphatic heterocycles. The van der Waals surface area contributed by atoms with Crippen molar-refractivity contribution in [3.8, 4) is 0 Å². The van der Waals surface area contributed by atoms with Crippen LogP contribution in [0.1, 0.15) is 59.8 Å². The van der Waals surface area contributed by atoms with Crippen molar-refractivity contribution in [2.45, 2.75) is 77.5 Å². The molecule has 0 aromatic heterocycles. The van der Waals surface area contributed by atoms with E-state index in [-0.39, 0.29) is 6.09 Å². The zero-order valence-electron chi connectivity index (χ0n) is 15.1. The molecule has 0 spiro atoms. The standard InChI is InChI=1S/C18H32N2O3/c1-14-13-19(17(22)23-18(2,3)4)11-9-16(14)20-10-5-7-15(20)8-6-12-21/h12,14-16H,5-11,13H2,1-4H3/t14?,15-,16?/m0/s1. The van der Waals surface area contributed by atoms with Gasteiger partial charge in [-0.3, -0.25) is 4.90 Å². The normalized spacial score (nSPS) is 29.6. The smallest absolute Gasteiger partial charge is 0.410 e. The minimum absolute atomic E-state index is 0.193. The summed E-state index contributed by atoms with van der Waals surface area (Å²) >= 11 is 0. The van der Waals surface area contributed by atoms with E-state index in [4.69, 9.17) is 4.74 Å². The summed E-state index contributed by atoms with van der Waals surface area (Å²) in [6.07, 6.45) is 5.90. The SMILES string of the molecule is CC1CN(C(=O)OC(C)(C)C)CCC1N1CCC[C@H]1CCC=O. The lowest BCUT2D eigenvalue weighted by molar-refractivity contribution is -0.108. The summed E-state index contributed by atoms with van der Waals surface area (Å²) < 4.78 is 5.50. The Morgan fingerprint density at radius 2 is 2.00 bits per heavy atom. The van der Waals surface area contributed by atoms with Gasteiger partial charge in [-0.15, -0.1) is 0 Å². The maximum atomic E-state index is 12.2. The van der Waals surface area contributed by atoms with Gasteiger partial charge in [-0.2, -0.15) is 0 Å². The number of aldehydes is 1. The van der Waals surface area contributed by atoms with Gasteiger partial charge in [0.25, 0.3) is 0 Å². The Balaban J connectivity index is 1.90. The van der Waals surface area contributed by atoms with Crippen LogP contribution in [-0.4, -0.2) is 59.5 Å². The zero-order chi connectivity index (χ0) is 17.0. The number of amides is 1. The molecule has 0 N–H and O–H groups in total. The molecule has 1 amide bonds. The maximum absolute atomic E-state index is 12.2. The fraction of sp³-hybridized carbons (Fsp3) is 0.889. The molecule has 2 saturated heterocycles. The van der Waals surface area contributed by atoms with E-state index in [2.05, 4.69) is 11.8 Å². The lowest BCUT2D eigenvalue weighted by atomic mass is 9.91. The van der Waals surface area contributed by atoms with Crippen LogP contribution in [0.2, 0.25) is 0 Å². The fourth-order valence-electron chi connectivity index (χ4n) is 3.98. The number of likely N-dealkylation sites (tertiary alicyclic amines) is 2. The lowest BCUT2D eigenvalue weighted by Gasteiger charge is -2.43. The molecule has 2 heterocycles. The first-order valence-corrected chi connectivity index (χ1v) is 8.99. The molecule has 3 atom stereocenters. The summed E-state index contributed by atoms with van der Waals surface area (Å²) in [7, 11) is 0. The highest BCUT2D eigenvalue weighted by molar-refractivity contribution is 5.68. The molecule has 132 valence electrons. The predicted molar refractivity (Wildman–Crippen MR) is 90.4 cm³/mol. The van der Waals surface area contributed by atoms with Crippen LogP contribution in [0.5, 0.6) is 0 Å². The second kappa shape index (κ2) is 7.65. The zero-order valence-corrected chi connectivity index (χ0v) is 15.1. The Bertz CT molecular complexity index is 419. The molecule has 0 aromatic rings. The Hall–Kier alpha value is -1.10. The van der Waals surface area contributed by atoms with Crippen LogP contribution in [0.15, 0.2) is 0 Å². The van der Waals surface area contributed by atoms with E-state index in [1.165, 1.54) is 12.8 Å². The topological polar surface area (TPSA) is 49.9 Å². The average Bonchev–Trinajstić information content (AvgIpc) is 2.91. The first-order chi connectivity index (χ1) is 10.8. The number of carbonyl (C=O) groups is 2. The van der Waals surface area contributed by atoms with Crippen LogP contribution in [0.3, 0.4) is 0 Å². The molecule has 2 unspecified atom stereocenters. The molecule has 2 fully saturated rings. The van der Waals surface area contributed by atoms with Gasteiger partial charge in [-0.05, 0) is 58.9 Å². The van der Waals surface area contributed by atoms with E-state index >= 15 is 0 Å². The molecular formula is C18H32N2O3. The van der Waals surface area contributed by atoms with Gasteiger partial charge >= 0.3 is 6.09 Å². The van der Waals surface area contributed by atoms with Gasteiger partial charge in [0, 0.05) is 31.6 Å². The van der Waals surface area contributed by atoms with Crippen molar-refractivity contribution in [2.24, 2.45) is 5.92 Å². The number of ether oxygens (including phenoxy) is 1. The van der Waals surface area contributed by atoms with E-state index in [0.717, 1.165) is 38.8 Å². The van der Waals surface area contributed by atoms with E-state index in [1.807, 2.05) is 25.7 Å².